The van der Waals surface area contributed by atoms with Crippen molar-refractivity contribution in [2.45, 2.75) is 32.2 Å². The van der Waals surface area contributed by atoms with Crippen molar-refractivity contribution in [3.8, 4) is 11.5 Å². The Morgan fingerprint density at radius 3 is 2.46 bits per heavy atom. The molecule has 6 heteroatoms. The number of carbonyl (C=O) groups excluding carboxylic acids is 1. The van der Waals surface area contributed by atoms with Crippen molar-refractivity contribution in [1.82, 2.24) is 10.6 Å². The highest BCUT2D eigenvalue weighted by atomic mass is 16.5. The fraction of sp³-hybridized carbons (Fsp3) is 0.350. The standard InChI is InChI=1S/C20H26N2O4/c1-14(23)19(20(24)21-2)22-12-16-9-10-17(18(11-16)25-3)26-13-15-7-5-4-6-8-15/h4-11,14,19,22-23H,12-13H2,1-3H3,(H,21,24)/t14?,19-/m0/s1. The molecular formula is C20H26N2O4. The van der Waals surface area contributed by atoms with Gasteiger partial charge in [-0.1, -0.05) is 36.4 Å². The molecule has 0 bridgehead atoms. The molecule has 0 aliphatic heterocycles. The number of carbonyl (C=O) groups is 1. The molecule has 3 N–H and O–H groups in total. The second kappa shape index (κ2) is 9.79. The molecule has 0 heterocycles. The predicted molar refractivity (Wildman–Crippen MR) is 100 cm³/mol. The van der Waals surface area contributed by atoms with Crippen LogP contribution in [0.15, 0.2) is 48.5 Å². The number of hydrogen-bond donors (Lipinski definition) is 3. The highest BCUT2D eigenvalue weighted by Crippen LogP contribution is 2.28. The van der Waals surface area contributed by atoms with E-state index in [2.05, 4.69) is 10.6 Å². The zero-order valence-corrected chi connectivity index (χ0v) is 15.4. The van der Waals surface area contributed by atoms with Crippen molar-refractivity contribution in [3.05, 3.63) is 59.7 Å². The van der Waals surface area contributed by atoms with E-state index in [0.717, 1.165) is 11.1 Å². The Kier molecular flexibility index (Phi) is 7.44. The van der Waals surface area contributed by atoms with Crippen LogP contribution in [0.5, 0.6) is 11.5 Å². The first-order valence-electron chi connectivity index (χ1n) is 8.51. The van der Waals surface area contributed by atoms with Crippen LogP contribution in [0.4, 0.5) is 0 Å². The minimum Gasteiger partial charge on any atom is -0.493 e. The summed E-state index contributed by atoms with van der Waals surface area (Å²) in [6.45, 7) is 2.45. The average Bonchev–Trinajstić information content (AvgIpc) is 2.67. The number of aliphatic hydroxyl groups is 1. The van der Waals surface area contributed by atoms with Gasteiger partial charge in [0.05, 0.1) is 13.2 Å². The van der Waals surface area contributed by atoms with E-state index in [-0.39, 0.29) is 5.91 Å². The molecule has 2 rings (SSSR count). The van der Waals surface area contributed by atoms with Gasteiger partial charge in [0.25, 0.3) is 0 Å². The lowest BCUT2D eigenvalue weighted by Gasteiger charge is -2.20. The van der Waals surface area contributed by atoms with Crippen LogP contribution in [-0.4, -0.2) is 37.3 Å². The quantitative estimate of drug-likeness (QED) is 0.638. The highest BCUT2D eigenvalue weighted by Gasteiger charge is 2.21. The van der Waals surface area contributed by atoms with Crippen LogP contribution in [0.25, 0.3) is 0 Å². The lowest BCUT2D eigenvalue weighted by Crippen LogP contribution is -2.49. The van der Waals surface area contributed by atoms with Crippen molar-refractivity contribution in [2.75, 3.05) is 14.2 Å². The number of hydrogen-bond acceptors (Lipinski definition) is 5. The minimum absolute atomic E-state index is 0.255. The molecule has 140 valence electrons. The Balaban J connectivity index is 2.02. The predicted octanol–water partition coefficient (Wildman–Crippen LogP) is 1.86. The van der Waals surface area contributed by atoms with Gasteiger partial charge in [0.15, 0.2) is 11.5 Å². The largest absolute Gasteiger partial charge is 0.493 e. The molecular weight excluding hydrogens is 332 g/mol. The molecule has 1 amide bonds. The van der Waals surface area contributed by atoms with Crippen LogP contribution >= 0.6 is 0 Å². The second-order valence-electron chi connectivity index (χ2n) is 5.97. The maximum Gasteiger partial charge on any atom is 0.239 e. The van der Waals surface area contributed by atoms with Gasteiger partial charge in [0.2, 0.25) is 5.91 Å². The van der Waals surface area contributed by atoms with Crippen LogP contribution in [0.2, 0.25) is 0 Å². The summed E-state index contributed by atoms with van der Waals surface area (Å²) in [7, 11) is 3.13. The first kappa shape index (κ1) is 19.8. The number of benzene rings is 2. The lowest BCUT2D eigenvalue weighted by atomic mass is 10.1. The summed E-state index contributed by atoms with van der Waals surface area (Å²) < 4.78 is 11.3. The van der Waals surface area contributed by atoms with Gasteiger partial charge in [-0.3, -0.25) is 10.1 Å². The molecule has 26 heavy (non-hydrogen) atoms. The van der Waals surface area contributed by atoms with Crippen molar-refractivity contribution < 1.29 is 19.4 Å². The Labute approximate surface area is 154 Å². The van der Waals surface area contributed by atoms with Gasteiger partial charge in [-0.2, -0.15) is 0 Å². The summed E-state index contributed by atoms with van der Waals surface area (Å²) in [4.78, 5) is 11.8. The van der Waals surface area contributed by atoms with Gasteiger partial charge in [0, 0.05) is 13.6 Å². The Bertz CT molecular complexity index is 704. The van der Waals surface area contributed by atoms with E-state index in [0.29, 0.717) is 24.7 Å². The Hall–Kier alpha value is -2.57. The number of rotatable bonds is 9. The molecule has 0 saturated carbocycles. The maximum atomic E-state index is 11.8. The van der Waals surface area contributed by atoms with Crippen molar-refractivity contribution >= 4 is 5.91 Å². The van der Waals surface area contributed by atoms with E-state index in [1.54, 1.807) is 21.1 Å². The van der Waals surface area contributed by atoms with E-state index < -0.39 is 12.1 Å². The average molecular weight is 358 g/mol. The van der Waals surface area contributed by atoms with Gasteiger partial charge in [-0.05, 0) is 30.2 Å². The molecule has 0 fully saturated rings. The van der Waals surface area contributed by atoms with Gasteiger partial charge >= 0.3 is 0 Å². The number of methoxy groups -OCH3 is 1. The van der Waals surface area contributed by atoms with E-state index in [1.807, 2.05) is 48.5 Å². The van der Waals surface area contributed by atoms with Crippen molar-refractivity contribution in [2.24, 2.45) is 0 Å². The molecule has 0 radical (unpaired) electrons. The summed E-state index contributed by atoms with van der Waals surface area (Å²) >= 11 is 0. The monoisotopic (exact) mass is 358 g/mol. The first-order chi connectivity index (χ1) is 12.5. The van der Waals surface area contributed by atoms with E-state index >= 15 is 0 Å². The topological polar surface area (TPSA) is 79.8 Å². The number of aliphatic hydroxyl groups excluding tert-OH is 1. The number of amides is 1. The fourth-order valence-corrected chi connectivity index (χ4v) is 2.54. The van der Waals surface area contributed by atoms with Gasteiger partial charge in [-0.25, -0.2) is 0 Å². The summed E-state index contributed by atoms with van der Waals surface area (Å²) in [5, 5.41) is 15.3. The van der Waals surface area contributed by atoms with Crippen molar-refractivity contribution in [3.63, 3.8) is 0 Å². The smallest absolute Gasteiger partial charge is 0.239 e. The molecule has 0 spiro atoms. The van der Waals surface area contributed by atoms with E-state index in [4.69, 9.17) is 9.47 Å². The lowest BCUT2D eigenvalue weighted by molar-refractivity contribution is -0.125. The molecule has 2 aromatic carbocycles. The zero-order valence-electron chi connectivity index (χ0n) is 15.4. The van der Waals surface area contributed by atoms with Crippen LogP contribution in [0, 0.1) is 0 Å². The van der Waals surface area contributed by atoms with Crippen LogP contribution in [0.1, 0.15) is 18.1 Å². The number of nitrogens with one attached hydrogen (secondary N) is 2. The summed E-state index contributed by atoms with van der Waals surface area (Å²) in [6.07, 6.45) is -0.801. The fourth-order valence-electron chi connectivity index (χ4n) is 2.54. The highest BCUT2D eigenvalue weighted by molar-refractivity contribution is 5.82. The molecule has 0 aliphatic rings. The van der Waals surface area contributed by atoms with Gasteiger partial charge < -0.3 is 19.9 Å². The van der Waals surface area contributed by atoms with Gasteiger partial charge in [0.1, 0.15) is 12.6 Å². The van der Waals surface area contributed by atoms with E-state index in [1.165, 1.54) is 0 Å². The maximum absolute atomic E-state index is 11.8. The zero-order chi connectivity index (χ0) is 18.9. The molecule has 6 nitrogen and oxygen atoms in total. The first-order valence-corrected chi connectivity index (χ1v) is 8.51. The minimum atomic E-state index is -0.801. The van der Waals surface area contributed by atoms with Crippen molar-refractivity contribution in [1.29, 1.82) is 0 Å². The van der Waals surface area contributed by atoms with Crippen LogP contribution in [0.3, 0.4) is 0 Å². The molecule has 0 aromatic heterocycles. The summed E-state index contributed by atoms with van der Waals surface area (Å²) in [5.41, 5.74) is 1.99. The molecule has 0 saturated heterocycles. The van der Waals surface area contributed by atoms with Crippen LogP contribution in [-0.2, 0) is 17.9 Å². The third kappa shape index (κ3) is 5.47. The third-order valence-electron chi connectivity index (χ3n) is 4.00. The molecule has 1 unspecified atom stereocenters. The van der Waals surface area contributed by atoms with E-state index in [9.17, 15) is 9.90 Å². The summed E-state index contributed by atoms with van der Waals surface area (Å²) in [6, 6.07) is 14.8. The molecule has 2 aromatic rings. The summed E-state index contributed by atoms with van der Waals surface area (Å²) in [5.74, 6) is 1.02. The normalized spacial score (nSPS) is 12.9. The molecule has 0 aliphatic carbocycles. The number of likely N-dealkylation sites (N-methyl/N-ethyl adjacent to an activating group) is 1. The molecule has 2 atom stereocenters. The van der Waals surface area contributed by atoms with Gasteiger partial charge in [-0.15, -0.1) is 0 Å². The SMILES string of the molecule is CNC(=O)[C@@H](NCc1ccc(OCc2ccccc2)c(OC)c1)C(C)O. The Morgan fingerprint density at radius 1 is 1.12 bits per heavy atom. The third-order valence-corrected chi connectivity index (χ3v) is 4.00. The second-order valence-corrected chi connectivity index (χ2v) is 5.97. The number of ether oxygens (including phenoxy) is 2. The van der Waals surface area contributed by atoms with Crippen LogP contribution < -0.4 is 20.1 Å². The Morgan fingerprint density at radius 2 is 1.85 bits per heavy atom.